The molecule has 2 aromatic rings. The second-order valence-corrected chi connectivity index (χ2v) is 6.02. The summed E-state index contributed by atoms with van der Waals surface area (Å²) < 4.78 is 11.7. The first-order chi connectivity index (χ1) is 11.0. The smallest absolute Gasteiger partial charge is 0.255 e. The van der Waals surface area contributed by atoms with E-state index >= 15 is 0 Å². The number of anilines is 1. The summed E-state index contributed by atoms with van der Waals surface area (Å²) >= 11 is 3.40. The number of nitrogens with one attached hydrogen (secondary N) is 1. The van der Waals surface area contributed by atoms with E-state index in [9.17, 15) is 4.79 Å². The minimum atomic E-state index is -0.184. The van der Waals surface area contributed by atoms with Crippen LogP contribution in [0.4, 0.5) is 5.69 Å². The highest BCUT2D eigenvalue weighted by Gasteiger charge is 2.10. The molecule has 4 nitrogen and oxygen atoms in total. The number of rotatable bonds is 6. The van der Waals surface area contributed by atoms with Crippen LogP contribution in [0.25, 0.3) is 0 Å². The number of benzene rings is 2. The Balaban J connectivity index is 2.11. The van der Waals surface area contributed by atoms with Gasteiger partial charge < -0.3 is 14.8 Å². The van der Waals surface area contributed by atoms with E-state index in [4.69, 9.17) is 9.47 Å². The summed E-state index contributed by atoms with van der Waals surface area (Å²) in [4.78, 5) is 12.4. The molecular formula is C18H20BrNO3. The lowest BCUT2D eigenvalue weighted by molar-refractivity contribution is 0.102. The summed E-state index contributed by atoms with van der Waals surface area (Å²) in [6.07, 6.45) is 1.03. The number of hydrogen-bond donors (Lipinski definition) is 1. The quantitative estimate of drug-likeness (QED) is 0.779. The first kappa shape index (κ1) is 17.3. The van der Waals surface area contributed by atoms with Gasteiger partial charge in [0, 0.05) is 11.3 Å². The van der Waals surface area contributed by atoms with Gasteiger partial charge in [-0.3, -0.25) is 4.79 Å². The molecule has 0 bridgehead atoms. The SMILES string of the molecule is CCC(C)Oc1cccc(C(=O)Nc2ccc(OC)c(Br)c2)c1. The summed E-state index contributed by atoms with van der Waals surface area (Å²) in [5.41, 5.74) is 1.24. The maximum absolute atomic E-state index is 12.4. The monoisotopic (exact) mass is 377 g/mol. The number of halogens is 1. The minimum Gasteiger partial charge on any atom is -0.496 e. The average molecular weight is 378 g/mol. The van der Waals surface area contributed by atoms with Crippen molar-refractivity contribution in [1.82, 2.24) is 0 Å². The average Bonchev–Trinajstić information content (AvgIpc) is 2.55. The van der Waals surface area contributed by atoms with Crippen LogP contribution >= 0.6 is 15.9 Å². The van der Waals surface area contributed by atoms with Crippen LogP contribution < -0.4 is 14.8 Å². The lowest BCUT2D eigenvalue weighted by Crippen LogP contribution is -2.13. The van der Waals surface area contributed by atoms with E-state index in [1.54, 1.807) is 37.4 Å². The van der Waals surface area contributed by atoms with Gasteiger partial charge in [0.15, 0.2) is 0 Å². The van der Waals surface area contributed by atoms with Crippen molar-refractivity contribution in [1.29, 1.82) is 0 Å². The van der Waals surface area contributed by atoms with Gasteiger partial charge in [-0.25, -0.2) is 0 Å². The largest absolute Gasteiger partial charge is 0.496 e. The van der Waals surface area contributed by atoms with Crippen molar-refractivity contribution >= 4 is 27.5 Å². The molecule has 0 heterocycles. The van der Waals surface area contributed by atoms with E-state index in [2.05, 4.69) is 28.2 Å². The molecular weight excluding hydrogens is 358 g/mol. The van der Waals surface area contributed by atoms with Gasteiger partial charge in [0.25, 0.3) is 5.91 Å². The predicted molar refractivity (Wildman–Crippen MR) is 95.5 cm³/mol. The van der Waals surface area contributed by atoms with E-state index < -0.39 is 0 Å². The fourth-order valence-corrected chi connectivity index (χ4v) is 2.51. The van der Waals surface area contributed by atoms with Gasteiger partial charge in [-0.2, -0.15) is 0 Å². The number of hydrogen-bond acceptors (Lipinski definition) is 3. The van der Waals surface area contributed by atoms with Gasteiger partial charge in [-0.1, -0.05) is 13.0 Å². The van der Waals surface area contributed by atoms with Gasteiger partial charge in [0.05, 0.1) is 17.7 Å². The van der Waals surface area contributed by atoms with Crippen LogP contribution in [0, 0.1) is 0 Å². The number of methoxy groups -OCH3 is 1. The van der Waals surface area contributed by atoms with E-state index in [1.165, 1.54) is 0 Å². The number of carbonyl (C=O) groups excluding carboxylic acids is 1. The summed E-state index contributed by atoms with van der Waals surface area (Å²) in [7, 11) is 1.60. The van der Waals surface area contributed by atoms with Crippen LogP contribution in [0.2, 0.25) is 0 Å². The van der Waals surface area contributed by atoms with Gasteiger partial charge in [0.1, 0.15) is 11.5 Å². The van der Waals surface area contributed by atoms with Crippen molar-refractivity contribution in [2.75, 3.05) is 12.4 Å². The molecule has 0 fully saturated rings. The van der Waals surface area contributed by atoms with Gasteiger partial charge in [-0.15, -0.1) is 0 Å². The molecule has 23 heavy (non-hydrogen) atoms. The van der Waals surface area contributed by atoms with Crippen LogP contribution in [0.3, 0.4) is 0 Å². The zero-order valence-corrected chi connectivity index (χ0v) is 15.0. The number of ether oxygens (including phenoxy) is 2. The summed E-state index contributed by atoms with van der Waals surface area (Å²) in [6, 6.07) is 12.6. The standard InChI is InChI=1S/C18H20BrNO3/c1-4-12(2)23-15-7-5-6-13(10-15)18(21)20-14-8-9-17(22-3)16(19)11-14/h5-12H,4H2,1-3H3,(H,20,21). The van der Waals surface area contributed by atoms with Gasteiger partial charge >= 0.3 is 0 Å². The molecule has 0 radical (unpaired) electrons. The van der Waals surface area contributed by atoms with Crippen LogP contribution in [0.1, 0.15) is 30.6 Å². The molecule has 0 aromatic heterocycles. The molecule has 0 saturated carbocycles. The van der Waals surface area contributed by atoms with Crippen molar-refractivity contribution in [2.24, 2.45) is 0 Å². The van der Waals surface area contributed by atoms with Gasteiger partial charge in [0.2, 0.25) is 0 Å². The van der Waals surface area contributed by atoms with E-state index in [0.29, 0.717) is 22.7 Å². The first-order valence-electron chi connectivity index (χ1n) is 7.45. The maximum Gasteiger partial charge on any atom is 0.255 e. The Bertz CT molecular complexity index is 688. The van der Waals surface area contributed by atoms with E-state index in [-0.39, 0.29) is 12.0 Å². The third-order valence-corrected chi connectivity index (χ3v) is 4.04. The van der Waals surface area contributed by atoms with Crippen LogP contribution in [0.5, 0.6) is 11.5 Å². The minimum absolute atomic E-state index is 0.117. The van der Waals surface area contributed by atoms with Crippen molar-refractivity contribution in [3.8, 4) is 11.5 Å². The summed E-state index contributed by atoms with van der Waals surface area (Å²) in [6.45, 7) is 4.06. The van der Waals surface area contributed by atoms with Gasteiger partial charge in [-0.05, 0) is 65.7 Å². The summed E-state index contributed by atoms with van der Waals surface area (Å²) in [5, 5.41) is 2.86. The lowest BCUT2D eigenvalue weighted by Gasteiger charge is -2.13. The van der Waals surface area contributed by atoms with Crippen molar-refractivity contribution < 1.29 is 14.3 Å². The highest BCUT2D eigenvalue weighted by atomic mass is 79.9. The maximum atomic E-state index is 12.4. The zero-order valence-electron chi connectivity index (χ0n) is 13.4. The molecule has 5 heteroatoms. The molecule has 0 spiro atoms. The Morgan fingerprint density at radius 2 is 2.04 bits per heavy atom. The Kier molecular flexibility index (Phi) is 6.04. The molecule has 0 aliphatic carbocycles. The Morgan fingerprint density at radius 1 is 1.26 bits per heavy atom. The molecule has 122 valence electrons. The molecule has 0 saturated heterocycles. The summed E-state index contributed by atoms with van der Waals surface area (Å²) in [5.74, 6) is 1.23. The molecule has 2 aromatic carbocycles. The normalized spacial score (nSPS) is 11.7. The predicted octanol–water partition coefficient (Wildman–Crippen LogP) is 4.89. The molecule has 0 aliphatic rings. The molecule has 2 rings (SSSR count). The second kappa shape index (κ2) is 8.02. The highest BCUT2D eigenvalue weighted by Crippen LogP contribution is 2.28. The Labute approximate surface area is 144 Å². The Hall–Kier alpha value is -2.01. The molecule has 1 unspecified atom stereocenters. The van der Waals surface area contributed by atoms with Crippen LogP contribution in [-0.2, 0) is 0 Å². The van der Waals surface area contributed by atoms with E-state index in [1.807, 2.05) is 19.1 Å². The second-order valence-electron chi connectivity index (χ2n) is 5.17. The molecule has 1 amide bonds. The fraction of sp³-hybridized carbons (Fsp3) is 0.278. The van der Waals surface area contributed by atoms with Crippen LogP contribution in [0.15, 0.2) is 46.9 Å². The van der Waals surface area contributed by atoms with Crippen LogP contribution in [-0.4, -0.2) is 19.1 Å². The lowest BCUT2D eigenvalue weighted by atomic mass is 10.2. The molecule has 1 N–H and O–H groups in total. The fourth-order valence-electron chi connectivity index (χ4n) is 1.97. The van der Waals surface area contributed by atoms with Crippen molar-refractivity contribution in [3.63, 3.8) is 0 Å². The van der Waals surface area contributed by atoms with E-state index in [0.717, 1.165) is 10.9 Å². The third kappa shape index (κ3) is 4.73. The number of amides is 1. The molecule has 0 aliphatic heterocycles. The van der Waals surface area contributed by atoms with Crippen molar-refractivity contribution in [3.05, 3.63) is 52.5 Å². The van der Waals surface area contributed by atoms with Crippen molar-refractivity contribution in [2.45, 2.75) is 26.4 Å². The third-order valence-electron chi connectivity index (χ3n) is 3.42. The molecule has 1 atom stereocenters. The highest BCUT2D eigenvalue weighted by molar-refractivity contribution is 9.10. The topological polar surface area (TPSA) is 47.6 Å². The Morgan fingerprint density at radius 3 is 2.70 bits per heavy atom. The first-order valence-corrected chi connectivity index (χ1v) is 8.24. The number of carbonyl (C=O) groups is 1. The zero-order chi connectivity index (χ0) is 16.8.